The molecule has 0 saturated heterocycles. The monoisotopic (exact) mass is 134 g/mol. The molecule has 4 nitrogen and oxygen atoms in total. The van der Waals surface area contributed by atoms with Gasteiger partial charge in [-0.1, -0.05) is 0 Å². The van der Waals surface area contributed by atoms with Crippen molar-refractivity contribution in [3.63, 3.8) is 0 Å². The summed E-state index contributed by atoms with van der Waals surface area (Å²) in [6.07, 6.45) is 0. The minimum absolute atomic E-state index is 0.150. The molecule has 0 bridgehead atoms. The molecular formula is C6H6N4. The van der Waals surface area contributed by atoms with Crippen LogP contribution in [0.1, 0.15) is 11.4 Å². The minimum Gasteiger partial charge on any atom is -0.368 e. The first-order valence-electron chi connectivity index (χ1n) is 2.73. The van der Waals surface area contributed by atoms with Gasteiger partial charge < -0.3 is 5.73 Å². The molecule has 1 aromatic heterocycles. The van der Waals surface area contributed by atoms with Crippen LogP contribution in [0, 0.1) is 18.3 Å². The summed E-state index contributed by atoms with van der Waals surface area (Å²) in [6.45, 7) is 1.76. The first-order valence-corrected chi connectivity index (χ1v) is 2.73. The second-order valence-corrected chi connectivity index (χ2v) is 1.86. The summed E-state index contributed by atoms with van der Waals surface area (Å²) in [4.78, 5) is 7.46. The van der Waals surface area contributed by atoms with Gasteiger partial charge in [0.05, 0.1) is 0 Å². The Morgan fingerprint density at radius 2 is 2.30 bits per heavy atom. The quantitative estimate of drug-likeness (QED) is 0.551. The third-order valence-electron chi connectivity index (χ3n) is 0.986. The standard InChI is InChI=1S/C6H6N4/c1-4-2-5(3-7)10-6(8)9-4/h2H,1H3,(H2,8,9,10). The fourth-order valence-electron chi connectivity index (χ4n) is 0.649. The normalized spacial score (nSPS) is 8.80. The first kappa shape index (κ1) is 6.49. The second kappa shape index (κ2) is 2.31. The number of nitrogens with zero attached hydrogens (tertiary/aromatic N) is 3. The van der Waals surface area contributed by atoms with E-state index in [4.69, 9.17) is 11.0 Å². The van der Waals surface area contributed by atoms with Crippen molar-refractivity contribution in [3.8, 4) is 6.07 Å². The van der Waals surface area contributed by atoms with Gasteiger partial charge in [-0.25, -0.2) is 9.97 Å². The lowest BCUT2D eigenvalue weighted by Gasteiger charge is -1.93. The fraction of sp³-hybridized carbons (Fsp3) is 0.167. The maximum absolute atomic E-state index is 8.39. The van der Waals surface area contributed by atoms with Crippen molar-refractivity contribution in [1.82, 2.24) is 9.97 Å². The predicted molar refractivity (Wildman–Crippen MR) is 35.9 cm³/mol. The van der Waals surface area contributed by atoms with Crippen molar-refractivity contribution in [2.24, 2.45) is 0 Å². The Balaban J connectivity index is 3.22. The molecule has 0 radical (unpaired) electrons. The molecule has 10 heavy (non-hydrogen) atoms. The maximum Gasteiger partial charge on any atom is 0.221 e. The largest absolute Gasteiger partial charge is 0.368 e. The topological polar surface area (TPSA) is 75.6 Å². The van der Waals surface area contributed by atoms with E-state index in [1.165, 1.54) is 0 Å². The van der Waals surface area contributed by atoms with Gasteiger partial charge in [0.15, 0.2) is 0 Å². The summed E-state index contributed by atoms with van der Waals surface area (Å²) < 4.78 is 0. The lowest BCUT2D eigenvalue weighted by Crippen LogP contribution is -1.97. The summed E-state index contributed by atoms with van der Waals surface area (Å²) in [7, 11) is 0. The smallest absolute Gasteiger partial charge is 0.221 e. The number of aryl methyl sites for hydroxylation is 1. The van der Waals surface area contributed by atoms with Crippen LogP contribution in [0.25, 0.3) is 0 Å². The maximum atomic E-state index is 8.39. The van der Waals surface area contributed by atoms with Gasteiger partial charge in [-0.3, -0.25) is 0 Å². The Hall–Kier alpha value is -1.63. The molecule has 4 heteroatoms. The molecule has 1 rings (SSSR count). The predicted octanol–water partition coefficient (Wildman–Crippen LogP) is 0.239. The van der Waals surface area contributed by atoms with Crippen LogP contribution in [0.3, 0.4) is 0 Å². The van der Waals surface area contributed by atoms with Gasteiger partial charge in [-0.2, -0.15) is 5.26 Å². The van der Waals surface area contributed by atoms with E-state index in [0.29, 0.717) is 11.4 Å². The van der Waals surface area contributed by atoms with E-state index in [1.807, 2.05) is 6.07 Å². The number of nitrogen functional groups attached to an aromatic ring is 1. The Morgan fingerprint density at radius 3 is 2.80 bits per heavy atom. The van der Waals surface area contributed by atoms with Gasteiger partial charge in [0, 0.05) is 5.69 Å². The number of hydrogen-bond acceptors (Lipinski definition) is 4. The number of nitriles is 1. The Morgan fingerprint density at radius 1 is 1.60 bits per heavy atom. The zero-order chi connectivity index (χ0) is 7.56. The van der Waals surface area contributed by atoms with E-state index in [-0.39, 0.29) is 5.95 Å². The van der Waals surface area contributed by atoms with Crippen molar-refractivity contribution in [3.05, 3.63) is 17.5 Å². The van der Waals surface area contributed by atoms with Crippen LogP contribution in [0.5, 0.6) is 0 Å². The highest BCUT2D eigenvalue weighted by Crippen LogP contribution is 1.98. The Bertz CT molecular complexity index is 266. The summed E-state index contributed by atoms with van der Waals surface area (Å²) in [5.41, 5.74) is 6.28. The SMILES string of the molecule is Cc1cc(C#N)nc(N)n1. The van der Waals surface area contributed by atoms with E-state index >= 15 is 0 Å². The molecule has 0 aliphatic carbocycles. The van der Waals surface area contributed by atoms with Crippen molar-refractivity contribution in [1.29, 1.82) is 5.26 Å². The summed E-state index contributed by atoms with van der Waals surface area (Å²) in [6, 6.07) is 3.46. The number of rotatable bonds is 0. The van der Waals surface area contributed by atoms with Gasteiger partial charge in [-0.05, 0) is 13.0 Å². The molecule has 0 aromatic carbocycles. The molecule has 0 fully saturated rings. The fourth-order valence-corrected chi connectivity index (χ4v) is 0.649. The van der Waals surface area contributed by atoms with Crippen molar-refractivity contribution >= 4 is 5.95 Å². The molecule has 50 valence electrons. The lowest BCUT2D eigenvalue weighted by atomic mass is 10.3. The van der Waals surface area contributed by atoms with E-state index in [9.17, 15) is 0 Å². The summed E-state index contributed by atoms with van der Waals surface area (Å²) in [5, 5.41) is 8.39. The van der Waals surface area contributed by atoms with Gasteiger partial charge >= 0.3 is 0 Å². The van der Waals surface area contributed by atoms with Gasteiger partial charge in [-0.15, -0.1) is 0 Å². The summed E-state index contributed by atoms with van der Waals surface area (Å²) >= 11 is 0. The molecule has 0 atom stereocenters. The van der Waals surface area contributed by atoms with Gasteiger partial charge in [0.25, 0.3) is 0 Å². The Kier molecular flexibility index (Phi) is 1.50. The third kappa shape index (κ3) is 1.20. The third-order valence-corrected chi connectivity index (χ3v) is 0.986. The highest BCUT2D eigenvalue weighted by atomic mass is 15.0. The molecule has 0 aliphatic heterocycles. The number of nitrogens with two attached hydrogens (primary N) is 1. The molecular weight excluding hydrogens is 128 g/mol. The van der Waals surface area contributed by atoms with Crippen LogP contribution >= 0.6 is 0 Å². The minimum atomic E-state index is 0.150. The van der Waals surface area contributed by atoms with Crippen LogP contribution in [0.4, 0.5) is 5.95 Å². The van der Waals surface area contributed by atoms with Crippen LogP contribution < -0.4 is 5.73 Å². The molecule has 0 amide bonds. The molecule has 1 heterocycles. The number of hydrogen-bond donors (Lipinski definition) is 1. The average molecular weight is 134 g/mol. The molecule has 1 aromatic rings. The number of anilines is 1. The zero-order valence-corrected chi connectivity index (χ0v) is 5.50. The highest BCUT2D eigenvalue weighted by Gasteiger charge is 1.95. The molecule has 0 aliphatic rings. The van der Waals surface area contributed by atoms with Gasteiger partial charge in [0.1, 0.15) is 11.8 Å². The van der Waals surface area contributed by atoms with E-state index < -0.39 is 0 Å². The number of aromatic nitrogens is 2. The average Bonchev–Trinajstić information content (AvgIpc) is 1.85. The molecule has 0 unspecified atom stereocenters. The van der Waals surface area contributed by atoms with Crippen LogP contribution in [-0.4, -0.2) is 9.97 Å². The first-order chi connectivity index (χ1) is 4.72. The molecule has 0 spiro atoms. The van der Waals surface area contributed by atoms with Crippen LogP contribution in [0.15, 0.2) is 6.07 Å². The molecule has 2 N–H and O–H groups in total. The highest BCUT2D eigenvalue weighted by molar-refractivity contribution is 5.28. The van der Waals surface area contributed by atoms with Crippen LogP contribution in [0.2, 0.25) is 0 Å². The van der Waals surface area contributed by atoms with E-state index in [1.54, 1.807) is 13.0 Å². The zero-order valence-electron chi connectivity index (χ0n) is 5.50. The van der Waals surface area contributed by atoms with Gasteiger partial charge in [0.2, 0.25) is 5.95 Å². The lowest BCUT2D eigenvalue weighted by molar-refractivity contribution is 1.10. The van der Waals surface area contributed by atoms with E-state index in [2.05, 4.69) is 9.97 Å². The van der Waals surface area contributed by atoms with Crippen molar-refractivity contribution < 1.29 is 0 Å². The second-order valence-electron chi connectivity index (χ2n) is 1.86. The van der Waals surface area contributed by atoms with E-state index in [0.717, 1.165) is 0 Å². The summed E-state index contributed by atoms with van der Waals surface area (Å²) in [5.74, 6) is 0.150. The van der Waals surface area contributed by atoms with Crippen molar-refractivity contribution in [2.45, 2.75) is 6.92 Å². The van der Waals surface area contributed by atoms with Crippen molar-refractivity contribution in [2.75, 3.05) is 5.73 Å². The molecule has 0 saturated carbocycles. The van der Waals surface area contributed by atoms with Crippen LogP contribution in [-0.2, 0) is 0 Å². The Labute approximate surface area is 58.3 Å².